The van der Waals surface area contributed by atoms with Crippen LogP contribution in [0.25, 0.3) is 0 Å². The normalized spacial score (nSPS) is 17.4. The number of ether oxygens (including phenoxy) is 1. The van der Waals surface area contributed by atoms with Crippen molar-refractivity contribution < 1.29 is 13.2 Å². The molecule has 0 unspecified atom stereocenters. The topological polar surface area (TPSA) is 79.6 Å². The first-order valence-corrected chi connectivity index (χ1v) is 7.30. The van der Waals surface area contributed by atoms with Crippen LogP contribution in [0.3, 0.4) is 0 Å². The number of rotatable bonds is 3. The number of hydrogen-bond donors (Lipinski definition) is 1. The summed E-state index contributed by atoms with van der Waals surface area (Å²) in [6, 6.07) is 8.91. The van der Waals surface area contributed by atoms with Crippen molar-refractivity contribution in [3.8, 4) is 5.75 Å². The van der Waals surface area contributed by atoms with Crippen molar-refractivity contribution in [3.63, 3.8) is 0 Å². The Morgan fingerprint density at radius 2 is 1.84 bits per heavy atom. The summed E-state index contributed by atoms with van der Waals surface area (Å²) in [6.45, 7) is 0. The Balaban J connectivity index is 2.35. The number of benzene rings is 1. The van der Waals surface area contributed by atoms with E-state index in [2.05, 4.69) is 4.40 Å². The molecule has 5 nitrogen and oxygen atoms in total. The quantitative estimate of drug-likeness (QED) is 0.857. The summed E-state index contributed by atoms with van der Waals surface area (Å²) in [4.78, 5) is 0. The number of allylic oxidation sites excluding steroid dienone is 3. The highest BCUT2D eigenvalue weighted by atomic mass is 32.2. The Hall–Kier alpha value is -2.21. The van der Waals surface area contributed by atoms with Crippen LogP contribution in [-0.4, -0.2) is 26.1 Å². The minimum absolute atomic E-state index is 0.183. The molecule has 0 radical (unpaired) electrons. The number of nitrogens with one attached hydrogen (secondary N) is 1. The summed E-state index contributed by atoms with van der Waals surface area (Å²) >= 11 is 0. The predicted octanol–water partition coefficient (Wildman–Crippen LogP) is 1.94. The SMILES string of the molecule is CS(=O)(=O)N=C1C=CC(=N)C=C1Oc1ccccc1. The summed E-state index contributed by atoms with van der Waals surface area (Å²) in [6.07, 6.45) is 5.34. The molecule has 0 saturated carbocycles. The summed E-state index contributed by atoms with van der Waals surface area (Å²) in [7, 11) is -3.52. The molecule has 0 aromatic heterocycles. The molecule has 0 bridgehead atoms. The first kappa shape index (κ1) is 13.2. The van der Waals surface area contributed by atoms with Crippen molar-refractivity contribution in [2.75, 3.05) is 6.26 Å². The van der Waals surface area contributed by atoms with Crippen LogP contribution < -0.4 is 4.74 Å². The summed E-state index contributed by atoms with van der Waals surface area (Å²) in [5, 5.41) is 7.56. The first-order chi connectivity index (χ1) is 8.94. The molecule has 1 N–H and O–H groups in total. The Bertz CT molecular complexity index is 686. The number of nitrogens with zero attached hydrogens (tertiary/aromatic N) is 1. The summed E-state index contributed by atoms with van der Waals surface area (Å²) < 4.78 is 31.6. The van der Waals surface area contributed by atoms with Crippen molar-refractivity contribution in [3.05, 3.63) is 54.3 Å². The van der Waals surface area contributed by atoms with Gasteiger partial charge in [-0.3, -0.25) is 0 Å². The molecule has 1 aliphatic rings. The zero-order chi connectivity index (χ0) is 13.9. The van der Waals surface area contributed by atoms with Gasteiger partial charge in [-0.1, -0.05) is 18.2 Å². The molecule has 0 fully saturated rings. The lowest BCUT2D eigenvalue weighted by Crippen LogP contribution is -2.14. The van der Waals surface area contributed by atoms with E-state index in [1.807, 2.05) is 6.07 Å². The van der Waals surface area contributed by atoms with Crippen LogP contribution in [-0.2, 0) is 10.0 Å². The molecule has 0 spiro atoms. The van der Waals surface area contributed by atoms with Crippen molar-refractivity contribution in [2.24, 2.45) is 4.40 Å². The molecule has 19 heavy (non-hydrogen) atoms. The molecule has 2 rings (SSSR count). The molecule has 0 amide bonds. The van der Waals surface area contributed by atoms with E-state index in [4.69, 9.17) is 10.1 Å². The zero-order valence-corrected chi connectivity index (χ0v) is 11.0. The zero-order valence-electron chi connectivity index (χ0n) is 10.2. The lowest BCUT2D eigenvalue weighted by molar-refractivity contribution is 0.455. The first-order valence-electron chi connectivity index (χ1n) is 5.45. The third-order valence-electron chi connectivity index (χ3n) is 2.19. The molecular weight excluding hydrogens is 264 g/mol. The van der Waals surface area contributed by atoms with Gasteiger partial charge >= 0.3 is 0 Å². The summed E-state index contributed by atoms with van der Waals surface area (Å²) in [5.74, 6) is 0.794. The maximum atomic E-state index is 11.2. The monoisotopic (exact) mass is 276 g/mol. The van der Waals surface area contributed by atoms with E-state index < -0.39 is 10.0 Å². The average Bonchev–Trinajstić information content (AvgIpc) is 2.32. The molecule has 0 saturated heterocycles. The molecule has 1 aliphatic carbocycles. The van der Waals surface area contributed by atoms with E-state index in [-0.39, 0.29) is 17.2 Å². The van der Waals surface area contributed by atoms with Crippen molar-refractivity contribution in [1.82, 2.24) is 0 Å². The maximum absolute atomic E-state index is 11.2. The fraction of sp³-hybridized carbons (Fsp3) is 0.0769. The highest BCUT2D eigenvalue weighted by molar-refractivity contribution is 7.89. The van der Waals surface area contributed by atoms with Crippen LogP contribution in [0.4, 0.5) is 0 Å². The average molecular weight is 276 g/mol. The minimum atomic E-state index is -3.52. The maximum Gasteiger partial charge on any atom is 0.250 e. The van der Waals surface area contributed by atoms with Gasteiger partial charge < -0.3 is 10.1 Å². The smallest absolute Gasteiger partial charge is 0.250 e. The largest absolute Gasteiger partial charge is 0.455 e. The Labute approximate surface area is 111 Å². The second kappa shape index (κ2) is 5.19. The van der Waals surface area contributed by atoms with E-state index in [1.165, 1.54) is 18.2 Å². The molecule has 1 aromatic carbocycles. The van der Waals surface area contributed by atoms with E-state index >= 15 is 0 Å². The fourth-order valence-electron chi connectivity index (χ4n) is 1.47. The number of sulfonamides is 1. The van der Waals surface area contributed by atoms with Gasteiger partial charge in [0.25, 0.3) is 10.0 Å². The van der Waals surface area contributed by atoms with Gasteiger partial charge in [-0.2, -0.15) is 4.40 Å². The fourth-order valence-corrected chi connectivity index (χ4v) is 1.97. The van der Waals surface area contributed by atoms with Crippen molar-refractivity contribution >= 4 is 21.4 Å². The van der Waals surface area contributed by atoms with Crippen LogP contribution in [0.5, 0.6) is 5.75 Å². The Morgan fingerprint density at radius 1 is 1.16 bits per heavy atom. The molecule has 0 atom stereocenters. The molecule has 0 heterocycles. The third-order valence-corrected chi connectivity index (χ3v) is 2.72. The van der Waals surface area contributed by atoms with E-state index in [0.29, 0.717) is 5.75 Å². The van der Waals surface area contributed by atoms with Gasteiger partial charge in [0, 0.05) is 6.08 Å². The van der Waals surface area contributed by atoms with E-state index in [1.54, 1.807) is 24.3 Å². The van der Waals surface area contributed by atoms with Crippen molar-refractivity contribution in [1.29, 1.82) is 5.41 Å². The summed E-state index contributed by atoms with van der Waals surface area (Å²) in [5.41, 5.74) is 0.403. The Morgan fingerprint density at radius 3 is 2.47 bits per heavy atom. The lowest BCUT2D eigenvalue weighted by Gasteiger charge is -2.12. The second-order valence-electron chi connectivity index (χ2n) is 3.92. The van der Waals surface area contributed by atoms with E-state index in [9.17, 15) is 8.42 Å². The second-order valence-corrected chi connectivity index (χ2v) is 5.57. The van der Waals surface area contributed by atoms with Gasteiger partial charge in [-0.05, 0) is 24.3 Å². The van der Waals surface area contributed by atoms with E-state index in [0.717, 1.165) is 6.26 Å². The van der Waals surface area contributed by atoms with Gasteiger partial charge in [0.2, 0.25) is 0 Å². The minimum Gasteiger partial charge on any atom is -0.455 e. The molecule has 98 valence electrons. The van der Waals surface area contributed by atoms with Gasteiger partial charge in [0.1, 0.15) is 11.5 Å². The lowest BCUT2D eigenvalue weighted by atomic mass is 10.1. The predicted molar refractivity (Wildman–Crippen MR) is 74.3 cm³/mol. The van der Waals surface area contributed by atoms with Crippen LogP contribution in [0.15, 0.2) is 58.7 Å². The van der Waals surface area contributed by atoms with Crippen LogP contribution in [0, 0.1) is 5.41 Å². The van der Waals surface area contributed by atoms with Gasteiger partial charge in [0.15, 0.2) is 5.76 Å². The Kier molecular flexibility index (Phi) is 3.62. The van der Waals surface area contributed by atoms with Gasteiger partial charge in [0.05, 0.1) is 12.0 Å². The third kappa shape index (κ3) is 3.89. The molecule has 1 aromatic rings. The number of para-hydroxylation sites is 1. The molecule has 6 heteroatoms. The highest BCUT2D eigenvalue weighted by Crippen LogP contribution is 2.17. The standard InChI is InChI=1S/C13H12N2O3S/c1-19(16,17)15-12-8-7-10(14)9-13(12)18-11-5-3-2-4-6-11/h2-9,14H,1H3. The molecular formula is C13H12N2O3S. The van der Waals surface area contributed by atoms with Crippen LogP contribution >= 0.6 is 0 Å². The van der Waals surface area contributed by atoms with Gasteiger partial charge in [-0.15, -0.1) is 0 Å². The molecule has 0 aliphatic heterocycles. The van der Waals surface area contributed by atoms with Crippen LogP contribution in [0.1, 0.15) is 0 Å². The van der Waals surface area contributed by atoms with Crippen LogP contribution in [0.2, 0.25) is 0 Å². The van der Waals surface area contributed by atoms with Crippen molar-refractivity contribution in [2.45, 2.75) is 0 Å². The highest BCUT2D eigenvalue weighted by Gasteiger charge is 2.14. The number of hydrogen-bond acceptors (Lipinski definition) is 4. The van der Waals surface area contributed by atoms with Gasteiger partial charge in [-0.25, -0.2) is 8.42 Å².